The molecular formula is C13H20O2. The largest absolute Gasteiger partial charge is 0.496 e. The molecule has 2 heteroatoms. The molecule has 0 fully saturated rings. The third-order valence-corrected chi connectivity index (χ3v) is 2.67. The highest BCUT2D eigenvalue weighted by atomic mass is 16.5. The van der Waals surface area contributed by atoms with Gasteiger partial charge in [0, 0.05) is 0 Å². The van der Waals surface area contributed by atoms with Crippen molar-refractivity contribution in [1.29, 1.82) is 0 Å². The highest BCUT2D eigenvalue weighted by Gasteiger charge is 2.08. The molecular weight excluding hydrogens is 188 g/mol. The number of aryl methyl sites for hydroxylation is 2. The summed E-state index contributed by atoms with van der Waals surface area (Å²) in [6.45, 7) is 6.06. The molecule has 0 bridgehead atoms. The van der Waals surface area contributed by atoms with E-state index in [1.807, 2.05) is 20.8 Å². The van der Waals surface area contributed by atoms with Crippen LogP contribution in [0, 0.1) is 13.8 Å². The first kappa shape index (κ1) is 12.1. The third-order valence-electron chi connectivity index (χ3n) is 2.67. The number of benzene rings is 1. The van der Waals surface area contributed by atoms with E-state index in [-0.39, 0.29) is 6.10 Å². The summed E-state index contributed by atoms with van der Waals surface area (Å²) in [4.78, 5) is 0. The highest BCUT2D eigenvalue weighted by Crippen LogP contribution is 2.24. The Labute approximate surface area is 91.9 Å². The smallest absolute Gasteiger partial charge is 0.124 e. The SMILES string of the molecule is CC[C@@H](O)Cc1cc(C)c(OC)c(C)c1. The molecule has 0 unspecified atom stereocenters. The summed E-state index contributed by atoms with van der Waals surface area (Å²) in [6, 6.07) is 4.18. The van der Waals surface area contributed by atoms with Gasteiger partial charge in [-0.15, -0.1) is 0 Å². The average molecular weight is 208 g/mol. The number of methoxy groups -OCH3 is 1. The van der Waals surface area contributed by atoms with Gasteiger partial charge >= 0.3 is 0 Å². The Bertz CT molecular complexity index is 308. The number of aliphatic hydroxyl groups excluding tert-OH is 1. The van der Waals surface area contributed by atoms with Crippen molar-refractivity contribution < 1.29 is 9.84 Å². The predicted molar refractivity (Wildman–Crippen MR) is 62.5 cm³/mol. The lowest BCUT2D eigenvalue weighted by molar-refractivity contribution is 0.171. The van der Waals surface area contributed by atoms with Gasteiger partial charge in [0.05, 0.1) is 13.2 Å². The van der Waals surface area contributed by atoms with Gasteiger partial charge in [0.1, 0.15) is 5.75 Å². The van der Waals surface area contributed by atoms with Gasteiger partial charge in [0.2, 0.25) is 0 Å². The Morgan fingerprint density at radius 3 is 2.20 bits per heavy atom. The molecule has 1 N–H and O–H groups in total. The van der Waals surface area contributed by atoms with Crippen molar-refractivity contribution in [1.82, 2.24) is 0 Å². The maximum Gasteiger partial charge on any atom is 0.124 e. The van der Waals surface area contributed by atoms with Crippen molar-refractivity contribution in [3.8, 4) is 5.75 Å². The zero-order chi connectivity index (χ0) is 11.4. The second-order valence-corrected chi connectivity index (χ2v) is 4.03. The van der Waals surface area contributed by atoms with Gasteiger partial charge < -0.3 is 9.84 Å². The molecule has 0 aliphatic heterocycles. The van der Waals surface area contributed by atoms with Crippen LogP contribution in [0.1, 0.15) is 30.0 Å². The van der Waals surface area contributed by atoms with Crippen LogP contribution >= 0.6 is 0 Å². The second kappa shape index (κ2) is 5.17. The fraction of sp³-hybridized carbons (Fsp3) is 0.538. The summed E-state index contributed by atoms with van der Waals surface area (Å²) in [6.07, 6.45) is 1.28. The fourth-order valence-corrected chi connectivity index (χ4v) is 1.90. The average Bonchev–Trinajstić information content (AvgIpc) is 2.17. The first-order valence-electron chi connectivity index (χ1n) is 5.40. The summed E-state index contributed by atoms with van der Waals surface area (Å²) >= 11 is 0. The predicted octanol–water partition coefficient (Wildman–Crippen LogP) is 2.63. The van der Waals surface area contributed by atoms with Gasteiger partial charge in [-0.3, -0.25) is 0 Å². The Balaban J connectivity index is 2.93. The van der Waals surface area contributed by atoms with Gasteiger partial charge in [-0.2, -0.15) is 0 Å². The first-order chi connectivity index (χ1) is 7.08. The molecule has 0 saturated carbocycles. The summed E-state index contributed by atoms with van der Waals surface area (Å²) in [5.41, 5.74) is 3.45. The lowest BCUT2D eigenvalue weighted by Crippen LogP contribution is -2.09. The summed E-state index contributed by atoms with van der Waals surface area (Å²) in [7, 11) is 1.69. The minimum atomic E-state index is -0.239. The molecule has 0 saturated heterocycles. The number of rotatable bonds is 4. The van der Waals surface area contributed by atoms with Gasteiger partial charge in [-0.25, -0.2) is 0 Å². The lowest BCUT2D eigenvalue weighted by atomic mass is 10.0. The van der Waals surface area contributed by atoms with E-state index in [4.69, 9.17) is 4.74 Å². The fourth-order valence-electron chi connectivity index (χ4n) is 1.90. The summed E-state index contributed by atoms with van der Waals surface area (Å²) in [5.74, 6) is 0.949. The number of hydrogen-bond acceptors (Lipinski definition) is 2. The van der Waals surface area contributed by atoms with Crippen LogP contribution in [0.25, 0.3) is 0 Å². The van der Waals surface area contributed by atoms with Crippen LogP contribution in [0.15, 0.2) is 12.1 Å². The van der Waals surface area contributed by atoms with Crippen LogP contribution in [0.3, 0.4) is 0 Å². The molecule has 1 rings (SSSR count). The van der Waals surface area contributed by atoms with Crippen LogP contribution < -0.4 is 4.74 Å². The molecule has 15 heavy (non-hydrogen) atoms. The standard InChI is InChI=1S/C13H20O2/c1-5-12(14)8-11-6-9(2)13(15-4)10(3)7-11/h6-7,12,14H,5,8H2,1-4H3/t12-/m1/s1. The van der Waals surface area contributed by atoms with Crippen LogP contribution in [0.4, 0.5) is 0 Å². The minimum Gasteiger partial charge on any atom is -0.496 e. The van der Waals surface area contributed by atoms with E-state index in [1.165, 1.54) is 5.56 Å². The molecule has 1 aromatic carbocycles. The van der Waals surface area contributed by atoms with Crippen LogP contribution in [0.5, 0.6) is 5.75 Å². The topological polar surface area (TPSA) is 29.5 Å². The molecule has 1 aromatic rings. The van der Waals surface area contributed by atoms with Gasteiger partial charge in [-0.1, -0.05) is 19.1 Å². The molecule has 0 aromatic heterocycles. The van der Waals surface area contributed by atoms with Crippen molar-refractivity contribution in [2.45, 2.75) is 39.7 Å². The van der Waals surface area contributed by atoms with E-state index >= 15 is 0 Å². The minimum absolute atomic E-state index is 0.239. The Morgan fingerprint density at radius 2 is 1.80 bits per heavy atom. The molecule has 2 nitrogen and oxygen atoms in total. The third kappa shape index (κ3) is 2.96. The summed E-state index contributed by atoms with van der Waals surface area (Å²) < 4.78 is 5.30. The molecule has 0 radical (unpaired) electrons. The van der Waals surface area contributed by atoms with E-state index in [9.17, 15) is 5.11 Å². The van der Waals surface area contributed by atoms with E-state index in [2.05, 4.69) is 12.1 Å². The molecule has 0 aliphatic carbocycles. The molecule has 0 heterocycles. The number of aliphatic hydroxyl groups is 1. The number of ether oxygens (including phenoxy) is 1. The van der Waals surface area contributed by atoms with E-state index in [1.54, 1.807) is 7.11 Å². The van der Waals surface area contributed by atoms with Gasteiger partial charge in [-0.05, 0) is 43.4 Å². The molecule has 0 aliphatic rings. The summed E-state index contributed by atoms with van der Waals surface area (Å²) in [5, 5.41) is 9.59. The van der Waals surface area contributed by atoms with E-state index in [0.717, 1.165) is 29.7 Å². The molecule has 0 spiro atoms. The highest BCUT2D eigenvalue weighted by molar-refractivity contribution is 5.43. The maximum absolute atomic E-state index is 9.59. The van der Waals surface area contributed by atoms with Crippen molar-refractivity contribution in [2.24, 2.45) is 0 Å². The van der Waals surface area contributed by atoms with Crippen molar-refractivity contribution >= 4 is 0 Å². The Morgan fingerprint density at radius 1 is 1.27 bits per heavy atom. The van der Waals surface area contributed by atoms with Gasteiger partial charge in [0.25, 0.3) is 0 Å². The maximum atomic E-state index is 9.59. The molecule has 0 amide bonds. The van der Waals surface area contributed by atoms with Crippen LogP contribution in [-0.4, -0.2) is 18.3 Å². The van der Waals surface area contributed by atoms with Crippen LogP contribution in [-0.2, 0) is 6.42 Å². The van der Waals surface area contributed by atoms with Crippen molar-refractivity contribution in [3.63, 3.8) is 0 Å². The van der Waals surface area contributed by atoms with Crippen molar-refractivity contribution in [2.75, 3.05) is 7.11 Å². The zero-order valence-electron chi connectivity index (χ0n) is 10.0. The Kier molecular flexibility index (Phi) is 4.15. The normalized spacial score (nSPS) is 12.6. The van der Waals surface area contributed by atoms with Crippen LogP contribution in [0.2, 0.25) is 0 Å². The van der Waals surface area contributed by atoms with Crippen molar-refractivity contribution in [3.05, 3.63) is 28.8 Å². The van der Waals surface area contributed by atoms with E-state index < -0.39 is 0 Å². The van der Waals surface area contributed by atoms with Gasteiger partial charge in [0.15, 0.2) is 0 Å². The Hall–Kier alpha value is -1.02. The monoisotopic (exact) mass is 208 g/mol. The number of hydrogen-bond donors (Lipinski definition) is 1. The first-order valence-corrected chi connectivity index (χ1v) is 5.40. The second-order valence-electron chi connectivity index (χ2n) is 4.03. The molecule has 84 valence electrons. The molecule has 1 atom stereocenters. The van der Waals surface area contributed by atoms with E-state index in [0.29, 0.717) is 0 Å². The lowest BCUT2D eigenvalue weighted by Gasteiger charge is -2.13. The quantitative estimate of drug-likeness (QED) is 0.824. The zero-order valence-corrected chi connectivity index (χ0v) is 10.0.